The number of nitrogens with zero attached hydrogens (tertiary/aromatic N) is 1. The lowest BCUT2D eigenvalue weighted by Gasteiger charge is -2.44. The lowest BCUT2D eigenvalue weighted by atomic mass is 9.97. The predicted molar refractivity (Wildman–Crippen MR) is 241 cm³/mol. The van der Waals surface area contributed by atoms with Crippen LogP contribution in [0, 0.1) is 0 Å². The van der Waals surface area contributed by atoms with Gasteiger partial charge in [-0.15, -0.1) is 0 Å². The highest BCUT2D eigenvalue weighted by Gasteiger charge is 2.51. The largest absolute Gasteiger partial charge is 0.310 e. The van der Waals surface area contributed by atoms with Gasteiger partial charge < -0.3 is 4.90 Å². The van der Waals surface area contributed by atoms with E-state index in [0.29, 0.717) is 0 Å². The summed E-state index contributed by atoms with van der Waals surface area (Å²) in [5.74, 6) is 0. The van der Waals surface area contributed by atoms with Crippen LogP contribution < -0.4 is 25.6 Å². The van der Waals surface area contributed by atoms with Crippen molar-refractivity contribution in [2.24, 2.45) is 0 Å². The first kappa shape index (κ1) is 33.3. The van der Waals surface area contributed by atoms with Gasteiger partial charge in [-0.05, 0) is 96.7 Å². The first-order chi connectivity index (χ1) is 27.8. The van der Waals surface area contributed by atoms with Gasteiger partial charge in [-0.2, -0.15) is 0 Å². The summed E-state index contributed by atoms with van der Waals surface area (Å²) in [6.45, 7) is 0. The van der Waals surface area contributed by atoms with Crippen molar-refractivity contribution < 1.29 is 0 Å². The van der Waals surface area contributed by atoms with Gasteiger partial charge >= 0.3 is 0 Å². The maximum Gasteiger partial charge on any atom is 0.184 e. The highest BCUT2D eigenvalue weighted by molar-refractivity contribution is 8.01. The molecule has 1 spiro atoms. The lowest BCUT2D eigenvalue weighted by Crippen LogP contribution is -2.78. The van der Waals surface area contributed by atoms with Crippen molar-refractivity contribution in [2.45, 2.75) is 19.6 Å². The third-order valence-corrected chi connectivity index (χ3v) is 19.4. The van der Waals surface area contributed by atoms with Gasteiger partial charge in [-0.25, -0.2) is 0 Å². The van der Waals surface area contributed by atoms with Crippen LogP contribution in [-0.2, 0) is 0 Å². The Labute approximate surface area is 337 Å². The van der Waals surface area contributed by atoms with Crippen LogP contribution in [0.3, 0.4) is 0 Å². The Balaban J connectivity index is 1.13. The number of fused-ring (bicyclic) bond motifs is 9. The Bertz CT molecular complexity index is 2870. The van der Waals surface area contributed by atoms with E-state index in [-0.39, 0.29) is 0 Å². The molecule has 0 aromatic heterocycles. The summed E-state index contributed by atoms with van der Waals surface area (Å²) in [5, 5.41) is 8.45. The van der Waals surface area contributed by atoms with E-state index in [2.05, 4.69) is 217 Å². The summed E-state index contributed by atoms with van der Waals surface area (Å²) < 4.78 is 0. The van der Waals surface area contributed by atoms with Gasteiger partial charge in [0.15, 0.2) is 8.07 Å². The van der Waals surface area contributed by atoms with Gasteiger partial charge in [0.2, 0.25) is 0 Å². The topological polar surface area (TPSA) is 3.24 Å². The third-order valence-electron chi connectivity index (χ3n) is 11.4. The first-order valence-electron chi connectivity index (χ1n) is 19.1. The summed E-state index contributed by atoms with van der Waals surface area (Å²) in [4.78, 5) is 7.90. The maximum absolute atomic E-state index is 2.66. The summed E-state index contributed by atoms with van der Waals surface area (Å²) in [6.07, 6.45) is 0. The summed E-state index contributed by atoms with van der Waals surface area (Å²) in [5.41, 5.74) is 8.26. The van der Waals surface area contributed by atoms with Crippen LogP contribution in [0.25, 0.3) is 33.0 Å². The molecule has 0 radical (unpaired) electrons. The monoisotopic (exact) mass is 765 g/mol. The quantitative estimate of drug-likeness (QED) is 0.161. The van der Waals surface area contributed by atoms with Crippen molar-refractivity contribution in [1.82, 2.24) is 0 Å². The average molecular weight is 766 g/mol. The zero-order valence-corrected chi connectivity index (χ0v) is 33.1. The molecule has 0 fully saturated rings. The number of benzene rings is 9. The molecular formula is C52H35NS2Si. The Kier molecular flexibility index (Phi) is 8.09. The molecule has 2 aliphatic heterocycles. The summed E-state index contributed by atoms with van der Waals surface area (Å²) in [7, 11) is -2.66. The van der Waals surface area contributed by atoms with Gasteiger partial charge in [-0.1, -0.05) is 187 Å². The van der Waals surface area contributed by atoms with Crippen molar-refractivity contribution in [1.29, 1.82) is 0 Å². The van der Waals surface area contributed by atoms with E-state index in [9.17, 15) is 0 Å². The number of para-hydroxylation sites is 1. The molecule has 4 heteroatoms. The first-order valence-corrected chi connectivity index (χ1v) is 22.7. The Morgan fingerprint density at radius 3 is 1.55 bits per heavy atom. The number of hydrogen-bond donors (Lipinski definition) is 0. The molecule has 0 bridgehead atoms. The summed E-state index contributed by atoms with van der Waals surface area (Å²) in [6, 6.07) is 78.9. The van der Waals surface area contributed by atoms with Crippen LogP contribution in [0.1, 0.15) is 0 Å². The van der Waals surface area contributed by atoms with E-state index in [1.54, 1.807) is 0 Å². The molecule has 0 amide bonds. The minimum absolute atomic E-state index is 1.12. The molecule has 0 N–H and O–H groups in total. The van der Waals surface area contributed by atoms with E-state index < -0.39 is 8.07 Å². The second kappa shape index (κ2) is 13.6. The average Bonchev–Trinajstić information content (AvgIpc) is 3.27. The molecule has 1 nitrogen and oxygen atoms in total. The van der Waals surface area contributed by atoms with Gasteiger partial charge in [0.05, 0.1) is 5.69 Å². The van der Waals surface area contributed by atoms with Crippen molar-refractivity contribution in [3.8, 4) is 22.3 Å². The molecule has 0 saturated heterocycles. The number of rotatable bonds is 5. The molecule has 11 rings (SSSR count). The van der Waals surface area contributed by atoms with Crippen LogP contribution in [-0.4, -0.2) is 8.07 Å². The SMILES string of the molecule is c1ccc(-c2ccccc2N(c2ccc(-c3cccc4ccccc34)cc2)c2ccc3c(c2)Sc2ccccc2[Si]32c3ccccc3Sc3ccccc32)cc1. The molecule has 0 saturated carbocycles. The molecular weight excluding hydrogens is 731 g/mol. The second-order valence-electron chi connectivity index (χ2n) is 14.4. The minimum atomic E-state index is -2.66. The number of hydrogen-bond acceptors (Lipinski definition) is 3. The molecule has 0 unspecified atom stereocenters. The highest BCUT2D eigenvalue weighted by atomic mass is 32.2. The molecule has 2 heterocycles. The molecule has 56 heavy (non-hydrogen) atoms. The van der Waals surface area contributed by atoms with Crippen LogP contribution >= 0.6 is 23.5 Å². The van der Waals surface area contributed by atoms with Crippen LogP contribution in [0.5, 0.6) is 0 Å². The zero-order valence-electron chi connectivity index (χ0n) is 30.5. The van der Waals surface area contributed by atoms with Crippen molar-refractivity contribution in [3.63, 3.8) is 0 Å². The fourth-order valence-corrected chi connectivity index (χ4v) is 18.1. The van der Waals surface area contributed by atoms with E-state index in [1.807, 2.05) is 23.5 Å². The van der Waals surface area contributed by atoms with Gasteiger partial charge in [-0.3, -0.25) is 0 Å². The second-order valence-corrected chi connectivity index (χ2v) is 20.2. The van der Waals surface area contributed by atoms with Gasteiger partial charge in [0, 0.05) is 36.5 Å². The molecule has 264 valence electrons. The van der Waals surface area contributed by atoms with Crippen molar-refractivity contribution in [2.75, 3.05) is 4.90 Å². The fraction of sp³-hybridized carbons (Fsp3) is 0. The molecule has 0 aliphatic carbocycles. The molecule has 9 aromatic carbocycles. The van der Waals surface area contributed by atoms with Crippen molar-refractivity contribution in [3.05, 3.63) is 212 Å². The van der Waals surface area contributed by atoms with Crippen molar-refractivity contribution >= 4 is 80.2 Å². The molecule has 9 aromatic rings. The Hall–Kier alpha value is -6.04. The zero-order chi connectivity index (χ0) is 37.1. The maximum atomic E-state index is 2.48. The highest BCUT2D eigenvalue weighted by Crippen LogP contribution is 2.45. The van der Waals surface area contributed by atoms with E-state index in [4.69, 9.17) is 0 Å². The minimum Gasteiger partial charge on any atom is -0.310 e. The smallest absolute Gasteiger partial charge is 0.184 e. The van der Waals surface area contributed by atoms with Crippen LogP contribution in [0.2, 0.25) is 0 Å². The summed E-state index contributed by atoms with van der Waals surface area (Å²) >= 11 is 3.85. The van der Waals surface area contributed by atoms with Gasteiger partial charge in [0.1, 0.15) is 0 Å². The molecule has 0 atom stereocenters. The Morgan fingerprint density at radius 2 is 0.839 bits per heavy atom. The van der Waals surface area contributed by atoms with E-state index in [1.165, 1.54) is 73.4 Å². The Morgan fingerprint density at radius 1 is 0.339 bits per heavy atom. The van der Waals surface area contributed by atoms with E-state index in [0.717, 1.165) is 17.1 Å². The van der Waals surface area contributed by atoms with Crippen LogP contribution in [0.4, 0.5) is 17.1 Å². The normalized spacial score (nSPS) is 13.4. The fourth-order valence-electron chi connectivity index (χ4n) is 8.97. The molecule has 2 aliphatic rings. The van der Waals surface area contributed by atoms with Crippen LogP contribution in [0.15, 0.2) is 232 Å². The van der Waals surface area contributed by atoms with E-state index >= 15 is 0 Å². The lowest BCUT2D eigenvalue weighted by molar-refractivity contribution is 1.26. The standard InChI is InChI=1S/C52H35NS2Si/c1-2-15-37(16-3-1)43-20-6-7-22-44(43)53(39-31-29-38(30-32-39)42-21-14-18-36-17-4-5-19-41(36)42)40-33-34-52-48(35-40)55-47-25-10-13-28-51(47)56(52)49-26-11-8-23-45(49)54-46-24-9-12-27-50(46)56/h1-35H. The predicted octanol–water partition coefficient (Wildman–Crippen LogP) is 12.0. The van der Waals surface area contributed by atoms with Gasteiger partial charge in [0.25, 0.3) is 0 Å². The third kappa shape index (κ3) is 5.25. The number of anilines is 3.